The summed E-state index contributed by atoms with van der Waals surface area (Å²) in [5, 5.41) is 0. The molecule has 0 radical (unpaired) electrons. The number of rotatable bonds is 8. The summed E-state index contributed by atoms with van der Waals surface area (Å²) in [7, 11) is -2.03. The van der Waals surface area contributed by atoms with Crippen LogP contribution in [0.3, 0.4) is 0 Å². The molecule has 0 unspecified atom stereocenters. The molecule has 2 saturated heterocycles. The van der Waals surface area contributed by atoms with Gasteiger partial charge in [0.2, 0.25) is 0 Å². The van der Waals surface area contributed by atoms with Gasteiger partial charge in [0, 0.05) is 5.92 Å². The smallest absolute Gasteiger partial charge is 0.312 e. The Morgan fingerprint density at radius 2 is 1.71 bits per heavy atom. The summed E-state index contributed by atoms with van der Waals surface area (Å²) >= 11 is 2.28. The number of esters is 1. The standard InChI is InChI=1S/C33H53IO6Si/c1-9-41(10-2,11-3)40-31-29-21-20-26(36-29)17-13-15-19-28-27(38-33(7,8)39-28)18-14-12-16-23(4)32(35)37-30(31)24(5)22-25(6)34/h12,14-16,18-19,23-24,26-31H,6,9-11,13,17,20-22H2,1-5,7-8H3/b16-12+,18-14+,19-15+/t23-,24-,26+,27-,28-,29+,30-,31-/m1/s1. The third-order valence-corrected chi connectivity index (χ3v) is 13.9. The third-order valence-electron chi connectivity index (χ3n) is 8.83. The highest BCUT2D eigenvalue weighted by molar-refractivity contribution is 14.1. The molecule has 0 aromatic carbocycles. The number of cyclic esters (lactones) is 1. The number of allylic oxidation sites excluding steroid dienone is 4. The van der Waals surface area contributed by atoms with Crippen molar-refractivity contribution in [3.63, 3.8) is 0 Å². The molecule has 0 aromatic heterocycles. The Hall–Kier alpha value is -0.783. The number of halogens is 1. The first-order valence-corrected chi connectivity index (χ1v) is 19.3. The van der Waals surface area contributed by atoms with Crippen molar-refractivity contribution >= 4 is 36.9 Å². The molecule has 3 aliphatic rings. The fraction of sp³-hybridized carbons (Fsp3) is 0.727. The number of fused-ring (bicyclic) bond motifs is 3. The highest BCUT2D eigenvalue weighted by Crippen LogP contribution is 2.37. The molecule has 0 aromatic rings. The number of carbonyl (C=O) groups excluding carboxylic acids is 1. The Kier molecular flexibility index (Phi) is 13.4. The van der Waals surface area contributed by atoms with Gasteiger partial charge >= 0.3 is 5.97 Å². The zero-order valence-corrected chi connectivity index (χ0v) is 29.4. The second kappa shape index (κ2) is 15.8. The topological polar surface area (TPSA) is 63.2 Å². The van der Waals surface area contributed by atoms with Crippen molar-refractivity contribution in [2.45, 2.75) is 141 Å². The largest absolute Gasteiger partial charge is 0.459 e. The van der Waals surface area contributed by atoms with E-state index in [1.165, 1.54) is 0 Å². The van der Waals surface area contributed by atoms with Crippen molar-refractivity contribution in [2.75, 3.05) is 0 Å². The van der Waals surface area contributed by atoms with Gasteiger partial charge in [-0.3, -0.25) is 4.79 Å². The third kappa shape index (κ3) is 9.86. The van der Waals surface area contributed by atoms with Crippen LogP contribution in [0.2, 0.25) is 18.1 Å². The van der Waals surface area contributed by atoms with Crippen LogP contribution in [0.25, 0.3) is 0 Å². The van der Waals surface area contributed by atoms with Crippen LogP contribution < -0.4 is 0 Å². The van der Waals surface area contributed by atoms with E-state index < -0.39 is 26.1 Å². The van der Waals surface area contributed by atoms with Crippen molar-refractivity contribution in [1.82, 2.24) is 0 Å². The lowest BCUT2D eigenvalue weighted by Gasteiger charge is -2.41. The Bertz CT molecular complexity index is 949. The zero-order valence-electron chi connectivity index (χ0n) is 26.3. The quantitative estimate of drug-likeness (QED) is 0.110. The maximum atomic E-state index is 13.5. The van der Waals surface area contributed by atoms with Crippen LogP contribution in [0, 0.1) is 11.8 Å². The van der Waals surface area contributed by atoms with Crippen LogP contribution >= 0.6 is 22.6 Å². The molecule has 8 atom stereocenters. The Morgan fingerprint density at radius 1 is 1.07 bits per heavy atom. The number of hydrogen-bond donors (Lipinski definition) is 0. The van der Waals surface area contributed by atoms with Crippen molar-refractivity contribution in [2.24, 2.45) is 11.8 Å². The van der Waals surface area contributed by atoms with Crippen molar-refractivity contribution in [1.29, 1.82) is 0 Å². The second-order valence-corrected chi connectivity index (χ2v) is 18.7. The van der Waals surface area contributed by atoms with Crippen LogP contribution in [0.1, 0.15) is 80.6 Å². The summed E-state index contributed by atoms with van der Waals surface area (Å²) in [4.78, 5) is 13.5. The average Bonchev–Trinajstić information content (AvgIpc) is 3.51. The Labute approximate surface area is 263 Å². The van der Waals surface area contributed by atoms with Crippen molar-refractivity contribution in [3.05, 3.63) is 46.6 Å². The molecule has 232 valence electrons. The van der Waals surface area contributed by atoms with Crippen LogP contribution in [0.4, 0.5) is 0 Å². The number of ether oxygens (including phenoxy) is 4. The first-order chi connectivity index (χ1) is 19.4. The first-order valence-electron chi connectivity index (χ1n) is 15.7. The summed E-state index contributed by atoms with van der Waals surface area (Å²) in [6.45, 7) is 18.8. The molecule has 2 bridgehead atoms. The summed E-state index contributed by atoms with van der Waals surface area (Å²) in [6.07, 6.45) is 15.5. The van der Waals surface area contributed by atoms with E-state index in [1.807, 2.05) is 45.1 Å². The minimum absolute atomic E-state index is 0.0534. The van der Waals surface area contributed by atoms with E-state index in [1.54, 1.807) is 0 Å². The maximum Gasteiger partial charge on any atom is 0.312 e. The lowest BCUT2D eigenvalue weighted by Crippen LogP contribution is -2.52. The van der Waals surface area contributed by atoms with Crippen molar-refractivity contribution in [3.8, 4) is 0 Å². The molecule has 3 heterocycles. The number of carbonyl (C=O) groups is 1. The summed E-state index contributed by atoms with van der Waals surface area (Å²) in [5.74, 6) is -1.25. The van der Waals surface area contributed by atoms with Crippen molar-refractivity contribution < 1.29 is 28.2 Å². The van der Waals surface area contributed by atoms with Gasteiger partial charge in [-0.25, -0.2) is 0 Å². The van der Waals surface area contributed by atoms with Crippen LogP contribution in [-0.2, 0) is 28.2 Å². The monoisotopic (exact) mass is 700 g/mol. The van der Waals surface area contributed by atoms with Gasteiger partial charge in [-0.2, -0.15) is 0 Å². The lowest BCUT2D eigenvalue weighted by molar-refractivity contribution is -0.168. The second-order valence-electron chi connectivity index (χ2n) is 12.4. The van der Waals surface area contributed by atoms with Gasteiger partial charge in [-0.05, 0) is 97.2 Å². The van der Waals surface area contributed by atoms with E-state index in [0.29, 0.717) is 0 Å². The molecule has 0 saturated carbocycles. The van der Waals surface area contributed by atoms with Gasteiger partial charge in [0.1, 0.15) is 24.4 Å². The molecule has 8 heteroatoms. The van der Waals surface area contributed by atoms with Crippen LogP contribution in [0.5, 0.6) is 0 Å². The minimum atomic E-state index is -2.03. The highest BCUT2D eigenvalue weighted by Gasteiger charge is 2.45. The van der Waals surface area contributed by atoms with Crippen LogP contribution in [0.15, 0.2) is 46.6 Å². The molecule has 2 fully saturated rings. The van der Waals surface area contributed by atoms with E-state index in [0.717, 1.165) is 53.8 Å². The molecule has 3 aliphatic heterocycles. The van der Waals surface area contributed by atoms with Gasteiger partial charge < -0.3 is 23.4 Å². The fourth-order valence-corrected chi connectivity index (χ4v) is 9.71. The molecular weight excluding hydrogens is 647 g/mol. The predicted octanol–water partition coefficient (Wildman–Crippen LogP) is 8.43. The minimum Gasteiger partial charge on any atom is -0.459 e. The molecule has 0 spiro atoms. The summed E-state index contributed by atoms with van der Waals surface area (Å²) in [5.41, 5.74) is 0. The molecule has 6 nitrogen and oxygen atoms in total. The van der Waals surface area contributed by atoms with Gasteiger partial charge in [0.15, 0.2) is 14.1 Å². The van der Waals surface area contributed by atoms with E-state index >= 15 is 0 Å². The summed E-state index contributed by atoms with van der Waals surface area (Å²) in [6, 6.07) is 3.09. The highest BCUT2D eigenvalue weighted by atomic mass is 127. The fourth-order valence-electron chi connectivity index (χ4n) is 6.16. The molecule has 41 heavy (non-hydrogen) atoms. The number of hydrogen-bond acceptors (Lipinski definition) is 6. The van der Waals surface area contributed by atoms with E-state index in [9.17, 15) is 4.79 Å². The molecular formula is C33H53IO6Si. The van der Waals surface area contributed by atoms with Gasteiger partial charge in [0.25, 0.3) is 0 Å². The normalized spacial score (nSPS) is 35.9. The van der Waals surface area contributed by atoms with E-state index in [2.05, 4.69) is 69.0 Å². The first kappa shape index (κ1) is 34.7. The molecule has 0 N–H and O–H groups in total. The Morgan fingerprint density at radius 3 is 2.34 bits per heavy atom. The maximum absolute atomic E-state index is 13.5. The SMILES string of the molecule is C=C(I)C[C@@H](C)[C@H]1OC(=O)[C@H](C)/C=C/C=C/[C@H]2OC(C)(C)O[C@@H]2/C=C/CC[C@H]2CC[C@H](O2)[C@H]1O[Si](CC)(CC)CC. The summed E-state index contributed by atoms with van der Waals surface area (Å²) < 4.78 is 33.6. The molecule has 0 aliphatic carbocycles. The Balaban J connectivity index is 1.96. The van der Waals surface area contributed by atoms with Gasteiger partial charge in [0.05, 0.1) is 18.1 Å². The molecule has 0 amide bonds. The van der Waals surface area contributed by atoms with Crippen LogP contribution in [-0.4, -0.2) is 56.7 Å². The lowest BCUT2D eigenvalue weighted by atomic mass is 9.92. The van der Waals surface area contributed by atoms with Gasteiger partial charge in [-0.1, -0.05) is 70.7 Å². The molecule has 3 rings (SSSR count). The van der Waals surface area contributed by atoms with E-state index in [4.69, 9.17) is 23.4 Å². The predicted molar refractivity (Wildman–Crippen MR) is 176 cm³/mol. The zero-order chi connectivity index (χ0) is 30.2. The van der Waals surface area contributed by atoms with Gasteiger partial charge in [-0.15, -0.1) is 0 Å². The van der Waals surface area contributed by atoms with E-state index in [-0.39, 0.29) is 42.4 Å². The average molecular weight is 701 g/mol.